The molecule has 0 fully saturated rings. The first-order valence-corrected chi connectivity index (χ1v) is 8.35. The van der Waals surface area contributed by atoms with Crippen molar-refractivity contribution in [3.63, 3.8) is 0 Å². The molecule has 7 nitrogen and oxygen atoms in total. The van der Waals surface area contributed by atoms with Crippen LogP contribution in [0.5, 0.6) is 0 Å². The van der Waals surface area contributed by atoms with Crippen molar-refractivity contribution in [3.8, 4) is 0 Å². The number of anilines is 1. The first-order valence-electron chi connectivity index (χ1n) is 8.35. The minimum atomic E-state index is -0.486. The summed E-state index contributed by atoms with van der Waals surface area (Å²) in [6.45, 7) is 1.74. The number of non-ortho nitro benzene ring substituents is 1. The zero-order chi connectivity index (χ0) is 19.2. The average molecular weight is 362 g/mol. The zero-order valence-electron chi connectivity index (χ0n) is 14.6. The summed E-state index contributed by atoms with van der Waals surface area (Å²) in [6.07, 6.45) is 1.43. The summed E-state index contributed by atoms with van der Waals surface area (Å²) in [5.41, 5.74) is 3.96. The van der Waals surface area contributed by atoms with Crippen molar-refractivity contribution in [2.75, 3.05) is 5.32 Å². The highest BCUT2D eigenvalue weighted by Crippen LogP contribution is 2.19. The Balaban J connectivity index is 1.57. The second-order valence-electron chi connectivity index (χ2n) is 6.01. The van der Waals surface area contributed by atoms with Crippen LogP contribution in [0.3, 0.4) is 0 Å². The Morgan fingerprint density at radius 3 is 2.48 bits per heavy atom. The molecule has 7 heteroatoms. The molecule has 27 heavy (non-hydrogen) atoms. The highest BCUT2D eigenvalue weighted by molar-refractivity contribution is 5.89. The maximum absolute atomic E-state index is 12.2. The molecule has 1 atom stereocenters. The number of fused-ring (bicyclic) bond motifs is 1. The number of nitro benzene ring substituents is 1. The number of carbonyl (C=O) groups is 1. The first-order chi connectivity index (χ1) is 13.0. The number of hydrogen-bond acceptors (Lipinski definition) is 5. The fraction of sp³-hybridized carbons (Fsp3) is 0.100. The minimum Gasteiger partial charge on any atom is -0.374 e. The highest BCUT2D eigenvalue weighted by atomic mass is 16.6. The Hall–Kier alpha value is -3.74. The van der Waals surface area contributed by atoms with Crippen molar-refractivity contribution in [3.05, 3.63) is 82.4 Å². The van der Waals surface area contributed by atoms with Gasteiger partial charge in [-0.1, -0.05) is 30.3 Å². The van der Waals surface area contributed by atoms with E-state index in [1.54, 1.807) is 19.1 Å². The lowest BCUT2D eigenvalue weighted by Gasteiger charge is -2.14. The monoisotopic (exact) mass is 362 g/mol. The van der Waals surface area contributed by atoms with Crippen LogP contribution in [0.25, 0.3) is 10.8 Å². The molecule has 3 rings (SSSR count). The molecule has 0 radical (unpaired) electrons. The van der Waals surface area contributed by atoms with Crippen molar-refractivity contribution in [2.45, 2.75) is 13.0 Å². The number of benzene rings is 3. The third-order valence-corrected chi connectivity index (χ3v) is 4.02. The van der Waals surface area contributed by atoms with E-state index in [1.165, 1.54) is 18.3 Å². The zero-order valence-corrected chi connectivity index (χ0v) is 14.6. The number of carbonyl (C=O) groups excluding carboxylic acids is 1. The van der Waals surface area contributed by atoms with E-state index in [1.807, 2.05) is 42.5 Å². The van der Waals surface area contributed by atoms with Gasteiger partial charge in [-0.15, -0.1) is 0 Å². The van der Waals surface area contributed by atoms with Gasteiger partial charge in [0.15, 0.2) is 0 Å². The summed E-state index contributed by atoms with van der Waals surface area (Å²) in [5, 5.41) is 19.9. The lowest BCUT2D eigenvalue weighted by molar-refractivity contribution is -0.384. The molecule has 0 saturated carbocycles. The van der Waals surface area contributed by atoms with E-state index in [9.17, 15) is 14.9 Å². The van der Waals surface area contributed by atoms with Gasteiger partial charge in [0.1, 0.15) is 6.04 Å². The van der Waals surface area contributed by atoms with Gasteiger partial charge in [0.25, 0.3) is 11.6 Å². The van der Waals surface area contributed by atoms with Gasteiger partial charge in [-0.05, 0) is 47.5 Å². The Bertz CT molecular complexity index is 1000. The molecule has 0 aliphatic carbocycles. The number of hydrazone groups is 1. The quantitative estimate of drug-likeness (QED) is 0.397. The predicted octanol–water partition coefficient (Wildman–Crippen LogP) is 3.70. The number of nitrogens with zero attached hydrogens (tertiary/aromatic N) is 2. The van der Waals surface area contributed by atoms with Gasteiger partial charge in [0.05, 0.1) is 11.1 Å². The maximum atomic E-state index is 12.2. The van der Waals surface area contributed by atoms with Crippen LogP contribution in [0.2, 0.25) is 0 Å². The van der Waals surface area contributed by atoms with Crippen LogP contribution in [0.15, 0.2) is 71.8 Å². The standard InChI is InChI=1S/C20H18N4O3/c1-14(22-18-9-8-16-4-2-3-5-17(16)12-18)20(25)23-21-13-15-6-10-19(11-7-15)24(26)27/h2-14,22H,1H3,(H,23,25)/b21-13+. The molecule has 3 aromatic rings. The summed E-state index contributed by atoms with van der Waals surface area (Å²) in [5.74, 6) is -0.290. The van der Waals surface area contributed by atoms with Gasteiger partial charge in [0, 0.05) is 17.8 Å². The van der Waals surface area contributed by atoms with E-state index >= 15 is 0 Å². The lowest BCUT2D eigenvalue weighted by atomic mass is 10.1. The fourth-order valence-electron chi connectivity index (χ4n) is 2.54. The molecule has 1 unspecified atom stereocenters. The van der Waals surface area contributed by atoms with Crippen LogP contribution in [-0.2, 0) is 4.79 Å². The van der Waals surface area contributed by atoms with Crippen molar-refractivity contribution in [1.82, 2.24) is 5.43 Å². The van der Waals surface area contributed by atoms with E-state index < -0.39 is 11.0 Å². The molecular weight excluding hydrogens is 344 g/mol. The van der Waals surface area contributed by atoms with Gasteiger partial charge in [0.2, 0.25) is 0 Å². The SMILES string of the molecule is CC(Nc1ccc2ccccc2c1)C(=O)N/N=C/c1ccc([N+](=O)[O-])cc1. The molecule has 0 bridgehead atoms. The van der Waals surface area contributed by atoms with Crippen molar-refractivity contribution in [1.29, 1.82) is 0 Å². The third kappa shape index (κ3) is 4.66. The van der Waals surface area contributed by atoms with Gasteiger partial charge < -0.3 is 5.32 Å². The number of hydrogen-bond donors (Lipinski definition) is 2. The lowest BCUT2D eigenvalue weighted by Crippen LogP contribution is -2.34. The number of nitrogens with one attached hydrogen (secondary N) is 2. The summed E-state index contributed by atoms with van der Waals surface area (Å²) in [4.78, 5) is 22.3. The molecule has 0 heterocycles. The minimum absolute atomic E-state index is 0.00407. The van der Waals surface area contributed by atoms with Crippen LogP contribution in [0.4, 0.5) is 11.4 Å². The summed E-state index contributed by atoms with van der Waals surface area (Å²) < 4.78 is 0. The molecular formula is C20H18N4O3. The Morgan fingerprint density at radius 1 is 1.07 bits per heavy atom. The topological polar surface area (TPSA) is 96.6 Å². The van der Waals surface area contributed by atoms with Gasteiger partial charge in [-0.3, -0.25) is 14.9 Å². The predicted molar refractivity (Wildman–Crippen MR) is 106 cm³/mol. The molecule has 0 aliphatic heterocycles. The molecule has 0 aliphatic rings. The maximum Gasteiger partial charge on any atom is 0.269 e. The van der Waals surface area contributed by atoms with Crippen molar-refractivity contribution in [2.24, 2.45) is 5.10 Å². The second-order valence-corrected chi connectivity index (χ2v) is 6.01. The Morgan fingerprint density at radius 2 is 1.78 bits per heavy atom. The van der Waals surface area contributed by atoms with Crippen LogP contribution in [-0.4, -0.2) is 23.1 Å². The van der Waals surface area contributed by atoms with Crippen LogP contribution >= 0.6 is 0 Å². The van der Waals surface area contributed by atoms with Crippen molar-refractivity contribution < 1.29 is 9.72 Å². The van der Waals surface area contributed by atoms with Gasteiger partial charge in [-0.25, -0.2) is 5.43 Å². The van der Waals surface area contributed by atoms with Crippen molar-refractivity contribution >= 4 is 34.3 Å². The van der Waals surface area contributed by atoms with E-state index in [0.717, 1.165) is 16.5 Å². The van der Waals surface area contributed by atoms with Gasteiger partial charge in [-0.2, -0.15) is 5.10 Å². The second kappa shape index (κ2) is 8.09. The normalized spacial score (nSPS) is 12.0. The first kappa shape index (κ1) is 18.1. The largest absolute Gasteiger partial charge is 0.374 e. The fourth-order valence-corrected chi connectivity index (χ4v) is 2.54. The summed E-state index contributed by atoms with van der Waals surface area (Å²) >= 11 is 0. The molecule has 136 valence electrons. The smallest absolute Gasteiger partial charge is 0.269 e. The van der Waals surface area contributed by atoms with E-state index in [4.69, 9.17) is 0 Å². The number of nitro groups is 1. The van der Waals surface area contributed by atoms with E-state index in [-0.39, 0.29) is 11.6 Å². The van der Waals surface area contributed by atoms with Crippen LogP contribution in [0, 0.1) is 10.1 Å². The Kier molecular flexibility index (Phi) is 5.41. The molecule has 3 aromatic carbocycles. The van der Waals surface area contributed by atoms with Gasteiger partial charge >= 0.3 is 0 Å². The van der Waals surface area contributed by atoms with Crippen LogP contribution < -0.4 is 10.7 Å². The molecule has 0 spiro atoms. The molecule has 0 saturated heterocycles. The third-order valence-electron chi connectivity index (χ3n) is 4.02. The number of amides is 1. The Labute approximate surface area is 155 Å². The summed E-state index contributed by atoms with van der Waals surface area (Å²) in [7, 11) is 0. The average Bonchev–Trinajstić information content (AvgIpc) is 2.68. The molecule has 1 amide bonds. The van der Waals surface area contributed by atoms with E-state index in [2.05, 4.69) is 15.8 Å². The summed E-state index contributed by atoms with van der Waals surface area (Å²) in [6, 6.07) is 19.3. The number of rotatable bonds is 6. The van der Waals surface area contributed by atoms with Crippen LogP contribution in [0.1, 0.15) is 12.5 Å². The molecule has 0 aromatic heterocycles. The highest BCUT2D eigenvalue weighted by Gasteiger charge is 2.11. The van der Waals surface area contributed by atoms with E-state index in [0.29, 0.717) is 5.56 Å². The molecule has 2 N–H and O–H groups in total.